The van der Waals surface area contributed by atoms with Crippen LogP contribution < -0.4 is 0 Å². The first-order valence-electron chi connectivity index (χ1n) is 10.3. The molecular weight excluding hydrogens is 338 g/mol. The van der Waals surface area contributed by atoms with Crippen LogP contribution in [0.4, 0.5) is 0 Å². The van der Waals surface area contributed by atoms with E-state index in [1.807, 2.05) is 25.0 Å². The SMILES string of the molecule is c1cn2c(n1)CCCC2.c1ncn2c1CCCC2.c1nnc2n1CCCC2. The van der Waals surface area contributed by atoms with Crippen LogP contribution in [-0.4, -0.2) is 33.9 Å². The molecule has 3 aliphatic rings. The Morgan fingerprint density at radius 1 is 0.704 bits per heavy atom. The summed E-state index contributed by atoms with van der Waals surface area (Å²) in [4.78, 5) is 8.29. The van der Waals surface area contributed by atoms with Crippen molar-refractivity contribution in [1.82, 2.24) is 33.9 Å². The van der Waals surface area contributed by atoms with Crippen molar-refractivity contribution in [3.63, 3.8) is 0 Å². The van der Waals surface area contributed by atoms with Crippen LogP contribution in [0.3, 0.4) is 0 Å². The predicted molar refractivity (Wildman–Crippen MR) is 103 cm³/mol. The van der Waals surface area contributed by atoms with Gasteiger partial charge >= 0.3 is 0 Å². The minimum absolute atomic E-state index is 1.11. The average molecular weight is 368 g/mol. The number of nitrogens with zero attached hydrogens (tertiary/aromatic N) is 7. The second-order valence-corrected chi connectivity index (χ2v) is 7.43. The Balaban J connectivity index is 0.0000001000. The number of aryl methyl sites for hydroxylation is 6. The molecule has 0 saturated heterocycles. The summed E-state index contributed by atoms with van der Waals surface area (Å²) in [5.41, 5.74) is 1.40. The third kappa shape index (κ3) is 4.64. The summed E-state index contributed by atoms with van der Waals surface area (Å²) in [6.07, 6.45) is 21.0. The van der Waals surface area contributed by atoms with E-state index in [4.69, 9.17) is 0 Å². The standard InChI is InChI=1S/2C7H10N2.C6H9N3/c1-2-5-9-6-4-8-7(9)3-1;1-2-4-9-6-8-5-7(9)3-1;1-2-4-9-5-7-8-6(9)3-1/h4,6H,1-3,5H2;5-6H,1-4H2;5H,1-4H2. The molecule has 3 aromatic heterocycles. The molecule has 0 amide bonds. The van der Waals surface area contributed by atoms with Crippen LogP contribution >= 0.6 is 0 Å². The minimum atomic E-state index is 1.11. The Labute approximate surface area is 160 Å². The molecule has 0 bridgehead atoms. The third-order valence-electron chi connectivity index (χ3n) is 5.48. The molecule has 6 heterocycles. The summed E-state index contributed by atoms with van der Waals surface area (Å²) in [5.74, 6) is 2.42. The Kier molecular flexibility index (Phi) is 5.96. The number of fused-ring (bicyclic) bond motifs is 3. The maximum Gasteiger partial charge on any atom is 0.132 e. The van der Waals surface area contributed by atoms with Gasteiger partial charge in [0.05, 0.1) is 6.33 Å². The summed E-state index contributed by atoms with van der Waals surface area (Å²) in [6.45, 7) is 3.47. The fourth-order valence-corrected chi connectivity index (χ4v) is 3.91. The minimum Gasteiger partial charge on any atom is -0.335 e. The van der Waals surface area contributed by atoms with Crippen molar-refractivity contribution < 1.29 is 0 Å². The van der Waals surface area contributed by atoms with Gasteiger partial charge in [-0.15, -0.1) is 10.2 Å². The first kappa shape index (κ1) is 17.9. The molecule has 0 aliphatic carbocycles. The first-order valence-corrected chi connectivity index (χ1v) is 10.3. The normalized spacial score (nSPS) is 17.3. The highest BCUT2D eigenvalue weighted by molar-refractivity contribution is 5.00. The monoisotopic (exact) mass is 367 g/mol. The van der Waals surface area contributed by atoms with Crippen molar-refractivity contribution in [3.8, 4) is 0 Å². The Morgan fingerprint density at radius 2 is 1.44 bits per heavy atom. The maximum atomic E-state index is 4.22. The zero-order chi connectivity index (χ0) is 18.3. The molecule has 0 fully saturated rings. The van der Waals surface area contributed by atoms with Crippen molar-refractivity contribution in [2.45, 2.75) is 77.4 Å². The van der Waals surface area contributed by atoms with Crippen LogP contribution in [0.2, 0.25) is 0 Å². The van der Waals surface area contributed by atoms with E-state index in [0.29, 0.717) is 0 Å². The number of rotatable bonds is 0. The fraction of sp³-hybridized carbons (Fsp3) is 0.600. The van der Waals surface area contributed by atoms with Crippen molar-refractivity contribution in [3.05, 3.63) is 48.6 Å². The maximum absolute atomic E-state index is 4.22. The molecule has 0 radical (unpaired) electrons. The van der Waals surface area contributed by atoms with Gasteiger partial charge in [-0.3, -0.25) is 0 Å². The van der Waals surface area contributed by atoms with Gasteiger partial charge in [-0.05, 0) is 44.9 Å². The third-order valence-corrected chi connectivity index (χ3v) is 5.48. The van der Waals surface area contributed by atoms with Gasteiger partial charge in [0.1, 0.15) is 18.0 Å². The van der Waals surface area contributed by atoms with E-state index in [2.05, 4.69) is 40.1 Å². The Hall–Kier alpha value is -2.44. The summed E-state index contributed by atoms with van der Waals surface area (Å²) in [6, 6.07) is 0. The molecule has 27 heavy (non-hydrogen) atoms. The lowest BCUT2D eigenvalue weighted by Gasteiger charge is -2.12. The largest absolute Gasteiger partial charge is 0.335 e. The zero-order valence-corrected chi connectivity index (χ0v) is 16.0. The molecule has 6 rings (SSSR count). The molecular formula is C20H29N7. The number of imidazole rings is 2. The molecule has 7 nitrogen and oxygen atoms in total. The zero-order valence-electron chi connectivity index (χ0n) is 16.0. The highest BCUT2D eigenvalue weighted by Gasteiger charge is 2.08. The Bertz CT molecular complexity index is 657. The summed E-state index contributed by atoms with van der Waals surface area (Å²) in [7, 11) is 0. The molecule has 0 spiro atoms. The van der Waals surface area contributed by atoms with Crippen LogP contribution in [0.15, 0.2) is 31.2 Å². The quantitative estimate of drug-likeness (QED) is 0.612. The van der Waals surface area contributed by atoms with Gasteiger partial charge in [-0.2, -0.15) is 0 Å². The van der Waals surface area contributed by atoms with E-state index in [-0.39, 0.29) is 0 Å². The number of aromatic nitrogens is 7. The molecule has 3 aliphatic heterocycles. The molecule has 0 aromatic carbocycles. The highest BCUT2D eigenvalue weighted by Crippen LogP contribution is 2.12. The molecule has 144 valence electrons. The summed E-state index contributed by atoms with van der Waals surface area (Å²) < 4.78 is 6.61. The predicted octanol–water partition coefficient (Wildman–Crippen LogP) is 3.05. The smallest absolute Gasteiger partial charge is 0.132 e. The topological polar surface area (TPSA) is 66.3 Å². The molecule has 0 N–H and O–H groups in total. The van der Waals surface area contributed by atoms with Gasteiger partial charge in [-0.25, -0.2) is 9.97 Å². The molecule has 3 aromatic rings. The van der Waals surface area contributed by atoms with Gasteiger partial charge < -0.3 is 13.7 Å². The van der Waals surface area contributed by atoms with E-state index in [9.17, 15) is 0 Å². The van der Waals surface area contributed by atoms with Crippen LogP contribution in [0.1, 0.15) is 55.9 Å². The van der Waals surface area contributed by atoms with Gasteiger partial charge in [0.15, 0.2) is 0 Å². The van der Waals surface area contributed by atoms with Gasteiger partial charge in [0.2, 0.25) is 0 Å². The first-order chi connectivity index (χ1) is 13.4. The van der Waals surface area contributed by atoms with E-state index < -0.39 is 0 Å². The van der Waals surface area contributed by atoms with E-state index in [0.717, 1.165) is 18.8 Å². The van der Waals surface area contributed by atoms with E-state index in [1.54, 1.807) is 0 Å². The molecule has 0 saturated carbocycles. The summed E-state index contributed by atoms with van der Waals surface area (Å²) >= 11 is 0. The number of hydrogen-bond acceptors (Lipinski definition) is 4. The number of hydrogen-bond donors (Lipinski definition) is 0. The van der Waals surface area contributed by atoms with Crippen molar-refractivity contribution in [2.75, 3.05) is 0 Å². The van der Waals surface area contributed by atoms with E-state index in [1.165, 1.54) is 76.0 Å². The summed E-state index contributed by atoms with van der Waals surface area (Å²) in [5, 5.41) is 7.79. The fourth-order valence-electron chi connectivity index (χ4n) is 3.91. The molecule has 0 atom stereocenters. The average Bonchev–Trinajstić information content (AvgIpc) is 3.48. The second kappa shape index (κ2) is 8.97. The molecule has 0 unspecified atom stereocenters. The van der Waals surface area contributed by atoms with Gasteiger partial charge in [0.25, 0.3) is 0 Å². The van der Waals surface area contributed by atoms with Crippen molar-refractivity contribution in [2.24, 2.45) is 0 Å². The van der Waals surface area contributed by atoms with Gasteiger partial charge in [-0.1, -0.05) is 0 Å². The Morgan fingerprint density at radius 3 is 2.22 bits per heavy atom. The van der Waals surface area contributed by atoms with Crippen molar-refractivity contribution >= 4 is 0 Å². The lowest BCUT2D eigenvalue weighted by molar-refractivity contribution is 0.522. The second-order valence-electron chi connectivity index (χ2n) is 7.43. The molecule has 7 heteroatoms. The van der Waals surface area contributed by atoms with Crippen LogP contribution in [-0.2, 0) is 38.9 Å². The van der Waals surface area contributed by atoms with Crippen LogP contribution in [0.25, 0.3) is 0 Å². The highest BCUT2D eigenvalue weighted by atomic mass is 15.3. The lowest BCUT2D eigenvalue weighted by atomic mass is 10.1. The van der Waals surface area contributed by atoms with E-state index >= 15 is 0 Å². The van der Waals surface area contributed by atoms with Gasteiger partial charge in [0, 0.05) is 56.8 Å². The van der Waals surface area contributed by atoms with Crippen LogP contribution in [0, 0.1) is 0 Å². The van der Waals surface area contributed by atoms with Crippen LogP contribution in [0.5, 0.6) is 0 Å². The lowest BCUT2D eigenvalue weighted by Crippen LogP contribution is -2.08. The van der Waals surface area contributed by atoms with Crippen molar-refractivity contribution in [1.29, 1.82) is 0 Å².